The summed E-state index contributed by atoms with van der Waals surface area (Å²) in [5.74, 6) is -0.213. The largest absolute Gasteiger partial charge is 0.469 e. The van der Waals surface area contributed by atoms with E-state index < -0.39 is 0 Å². The Morgan fingerprint density at radius 1 is 1.06 bits per heavy atom. The second-order valence-electron chi connectivity index (χ2n) is 4.39. The number of carbonyl (C=O) groups excluding carboxylic acids is 3. The summed E-state index contributed by atoms with van der Waals surface area (Å²) >= 11 is 0. The highest BCUT2D eigenvalue weighted by Gasteiger charge is 2.15. The summed E-state index contributed by atoms with van der Waals surface area (Å²) in [7, 11) is 1.38. The van der Waals surface area contributed by atoms with E-state index in [1.165, 1.54) is 21.0 Å². The molecule has 1 unspecified atom stereocenters. The van der Waals surface area contributed by atoms with Crippen molar-refractivity contribution in [3.63, 3.8) is 0 Å². The SMILES string of the molecule is COC(=O)CCCCCC(CC(C)=O)C(C)=O. The lowest BCUT2D eigenvalue weighted by Gasteiger charge is -2.11. The van der Waals surface area contributed by atoms with Gasteiger partial charge in [0.05, 0.1) is 7.11 Å². The van der Waals surface area contributed by atoms with E-state index in [-0.39, 0.29) is 23.5 Å². The Bertz CT molecular complexity index is 271. The maximum atomic E-state index is 11.3. The molecule has 0 heterocycles. The molecule has 0 amide bonds. The molecule has 0 aliphatic carbocycles. The van der Waals surface area contributed by atoms with Gasteiger partial charge in [-0.3, -0.25) is 9.59 Å². The summed E-state index contributed by atoms with van der Waals surface area (Å²) in [5.41, 5.74) is 0. The van der Waals surface area contributed by atoms with E-state index in [1.807, 2.05) is 0 Å². The van der Waals surface area contributed by atoms with E-state index >= 15 is 0 Å². The molecule has 0 saturated heterocycles. The Balaban J connectivity index is 3.72. The van der Waals surface area contributed by atoms with Crippen molar-refractivity contribution in [2.75, 3.05) is 7.11 Å². The van der Waals surface area contributed by atoms with Gasteiger partial charge in [0.25, 0.3) is 0 Å². The normalized spacial score (nSPS) is 11.9. The van der Waals surface area contributed by atoms with Crippen molar-refractivity contribution in [1.29, 1.82) is 0 Å². The van der Waals surface area contributed by atoms with Gasteiger partial charge < -0.3 is 9.53 Å². The molecular weight excluding hydrogens is 220 g/mol. The van der Waals surface area contributed by atoms with E-state index in [0.717, 1.165) is 25.7 Å². The highest BCUT2D eigenvalue weighted by molar-refractivity contribution is 5.85. The first kappa shape index (κ1) is 15.8. The van der Waals surface area contributed by atoms with Gasteiger partial charge in [0.1, 0.15) is 11.6 Å². The van der Waals surface area contributed by atoms with Gasteiger partial charge in [0, 0.05) is 18.8 Å². The summed E-state index contributed by atoms with van der Waals surface area (Å²) in [6.45, 7) is 3.04. The molecule has 0 aliphatic rings. The lowest BCUT2D eigenvalue weighted by atomic mass is 9.92. The molecule has 0 rings (SSSR count). The summed E-state index contributed by atoms with van der Waals surface area (Å²) in [4.78, 5) is 33.1. The second kappa shape index (κ2) is 8.90. The molecule has 0 aromatic carbocycles. The minimum Gasteiger partial charge on any atom is -0.469 e. The average molecular weight is 242 g/mol. The molecule has 1 atom stereocenters. The summed E-state index contributed by atoms with van der Waals surface area (Å²) < 4.78 is 4.53. The van der Waals surface area contributed by atoms with Crippen LogP contribution < -0.4 is 0 Å². The number of unbranched alkanes of at least 4 members (excludes halogenated alkanes) is 2. The van der Waals surface area contributed by atoms with Gasteiger partial charge in [0.2, 0.25) is 0 Å². The quantitative estimate of drug-likeness (QED) is 0.460. The Labute approximate surface area is 103 Å². The summed E-state index contributed by atoms with van der Waals surface area (Å²) in [6, 6.07) is 0. The van der Waals surface area contributed by atoms with Gasteiger partial charge in [-0.2, -0.15) is 0 Å². The van der Waals surface area contributed by atoms with E-state index in [4.69, 9.17) is 0 Å². The van der Waals surface area contributed by atoms with Crippen molar-refractivity contribution in [1.82, 2.24) is 0 Å². The Morgan fingerprint density at radius 3 is 2.18 bits per heavy atom. The number of ketones is 2. The lowest BCUT2D eigenvalue weighted by Crippen LogP contribution is -2.14. The highest BCUT2D eigenvalue weighted by atomic mass is 16.5. The number of hydrogen-bond donors (Lipinski definition) is 0. The van der Waals surface area contributed by atoms with Gasteiger partial charge in [-0.15, -0.1) is 0 Å². The maximum absolute atomic E-state index is 11.3. The van der Waals surface area contributed by atoms with Crippen LogP contribution in [-0.4, -0.2) is 24.6 Å². The van der Waals surface area contributed by atoms with Crippen LogP contribution in [0.4, 0.5) is 0 Å². The van der Waals surface area contributed by atoms with Gasteiger partial charge in [-0.25, -0.2) is 0 Å². The molecule has 0 N–H and O–H groups in total. The molecule has 0 aromatic rings. The first-order chi connectivity index (χ1) is 7.97. The minimum atomic E-state index is -0.197. The van der Waals surface area contributed by atoms with Crippen LogP contribution in [0.2, 0.25) is 0 Å². The fourth-order valence-corrected chi connectivity index (χ4v) is 1.73. The van der Waals surface area contributed by atoms with Crippen LogP contribution in [0.15, 0.2) is 0 Å². The van der Waals surface area contributed by atoms with Crippen LogP contribution in [-0.2, 0) is 19.1 Å². The standard InChI is InChI=1S/C13H22O4/c1-10(14)9-12(11(2)15)7-5-4-6-8-13(16)17-3/h12H,4-9H2,1-3H3. The van der Waals surface area contributed by atoms with E-state index in [2.05, 4.69) is 4.74 Å². The number of methoxy groups -OCH3 is 1. The van der Waals surface area contributed by atoms with Crippen molar-refractivity contribution < 1.29 is 19.1 Å². The second-order valence-corrected chi connectivity index (χ2v) is 4.39. The van der Waals surface area contributed by atoms with Crippen molar-refractivity contribution in [3.05, 3.63) is 0 Å². The molecule has 0 spiro atoms. The van der Waals surface area contributed by atoms with E-state index in [1.54, 1.807) is 0 Å². The van der Waals surface area contributed by atoms with Crippen LogP contribution in [0.3, 0.4) is 0 Å². The molecule has 4 nitrogen and oxygen atoms in total. The van der Waals surface area contributed by atoms with Crippen LogP contribution in [0, 0.1) is 5.92 Å². The Morgan fingerprint density at radius 2 is 1.71 bits per heavy atom. The van der Waals surface area contributed by atoms with Crippen molar-refractivity contribution in [2.45, 2.75) is 52.4 Å². The fraction of sp³-hybridized carbons (Fsp3) is 0.769. The molecule has 0 bridgehead atoms. The van der Waals surface area contributed by atoms with Crippen LogP contribution in [0.1, 0.15) is 52.4 Å². The van der Waals surface area contributed by atoms with Crippen molar-refractivity contribution >= 4 is 17.5 Å². The van der Waals surface area contributed by atoms with Gasteiger partial charge >= 0.3 is 5.97 Å². The van der Waals surface area contributed by atoms with Crippen LogP contribution in [0.25, 0.3) is 0 Å². The average Bonchev–Trinajstić information content (AvgIpc) is 2.25. The molecular formula is C13H22O4. The van der Waals surface area contributed by atoms with E-state index in [0.29, 0.717) is 12.8 Å². The third-order valence-electron chi connectivity index (χ3n) is 2.77. The summed E-state index contributed by atoms with van der Waals surface area (Å²) in [5, 5.41) is 0. The molecule has 0 radical (unpaired) electrons. The minimum absolute atomic E-state index is 0.0553. The van der Waals surface area contributed by atoms with Gasteiger partial charge in [-0.1, -0.05) is 12.8 Å². The Kier molecular flexibility index (Phi) is 8.28. The first-order valence-corrected chi connectivity index (χ1v) is 6.04. The third-order valence-corrected chi connectivity index (χ3v) is 2.77. The lowest BCUT2D eigenvalue weighted by molar-refractivity contribution is -0.140. The van der Waals surface area contributed by atoms with Crippen molar-refractivity contribution in [2.24, 2.45) is 5.92 Å². The predicted octanol–water partition coefficient (Wildman–Crippen LogP) is 2.29. The van der Waals surface area contributed by atoms with E-state index in [9.17, 15) is 14.4 Å². The fourth-order valence-electron chi connectivity index (χ4n) is 1.73. The van der Waals surface area contributed by atoms with Gasteiger partial charge in [0.15, 0.2) is 0 Å². The van der Waals surface area contributed by atoms with Crippen LogP contribution >= 0.6 is 0 Å². The number of carbonyl (C=O) groups is 3. The van der Waals surface area contributed by atoms with Gasteiger partial charge in [-0.05, 0) is 26.7 Å². The predicted molar refractivity (Wildman–Crippen MR) is 64.6 cm³/mol. The topological polar surface area (TPSA) is 60.4 Å². The summed E-state index contributed by atoms with van der Waals surface area (Å²) in [6.07, 6.45) is 4.03. The number of Topliss-reactive ketones (excluding diaryl/α,β-unsaturated/α-hetero) is 2. The first-order valence-electron chi connectivity index (χ1n) is 6.04. The maximum Gasteiger partial charge on any atom is 0.305 e. The monoisotopic (exact) mass is 242 g/mol. The van der Waals surface area contributed by atoms with Crippen LogP contribution in [0.5, 0.6) is 0 Å². The highest BCUT2D eigenvalue weighted by Crippen LogP contribution is 2.16. The molecule has 17 heavy (non-hydrogen) atoms. The number of rotatable bonds is 9. The zero-order valence-corrected chi connectivity index (χ0v) is 11.0. The molecule has 0 fully saturated rings. The zero-order valence-electron chi connectivity index (χ0n) is 11.0. The number of hydrogen-bond acceptors (Lipinski definition) is 4. The number of esters is 1. The molecule has 0 saturated carbocycles. The Hall–Kier alpha value is -1.19. The smallest absolute Gasteiger partial charge is 0.305 e. The van der Waals surface area contributed by atoms with Crippen molar-refractivity contribution in [3.8, 4) is 0 Å². The molecule has 0 aliphatic heterocycles. The molecule has 0 aromatic heterocycles. The number of ether oxygens (including phenoxy) is 1. The molecule has 4 heteroatoms. The molecule has 98 valence electrons. The third kappa shape index (κ3) is 8.60. The zero-order chi connectivity index (χ0) is 13.3.